The molecule has 0 bridgehead atoms. The van der Waals surface area contributed by atoms with Gasteiger partial charge in [-0.15, -0.1) is 0 Å². The third-order valence-electron chi connectivity index (χ3n) is 5.06. The molecule has 0 radical (unpaired) electrons. The van der Waals surface area contributed by atoms with Crippen LogP contribution in [0.4, 0.5) is 0 Å². The maximum absolute atomic E-state index is 2.45. The first-order valence-corrected chi connectivity index (χ1v) is 7.45. The zero-order valence-electron chi connectivity index (χ0n) is 11.6. The molecule has 2 aromatic carbocycles. The molecule has 0 heterocycles. The summed E-state index contributed by atoms with van der Waals surface area (Å²) in [6.07, 6.45) is 6.27. The van der Waals surface area contributed by atoms with Crippen molar-refractivity contribution in [2.75, 3.05) is 0 Å². The predicted molar refractivity (Wildman–Crippen MR) is 79.5 cm³/mol. The lowest BCUT2D eigenvalue weighted by Crippen LogP contribution is -2.21. The van der Waals surface area contributed by atoms with Gasteiger partial charge >= 0.3 is 0 Å². The van der Waals surface area contributed by atoms with Gasteiger partial charge in [-0.1, -0.05) is 49.4 Å². The molecule has 0 aliphatic heterocycles. The average molecular weight is 248 g/mol. The summed E-state index contributed by atoms with van der Waals surface area (Å²) in [5.41, 5.74) is 8.39. The average Bonchev–Trinajstić information content (AvgIpc) is 2.96. The Bertz CT molecular complexity index is 611. The van der Waals surface area contributed by atoms with E-state index in [1.807, 2.05) is 0 Å². The van der Waals surface area contributed by atoms with Crippen molar-refractivity contribution in [2.45, 2.75) is 39.0 Å². The molecule has 0 atom stereocenters. The third kappa shape index (κ3) is 1.74. The van der Waals surface area contributed by atoms with Gasteiger partial charge in [-0.05, 0) is 65.3 Å². The Morgan fingerprint density at radius 2 is 1.37 bits per heavy atom. The van der Waals surface area contributed by atoms with Crippen molar-refractivity contribution < 1.29 is 0 Å². The van der Waals surface area contributed by atoms with Gasteiger partial charge in [0.1, 0.15) is 0 Å². The Labute approximate surface area is 115 Å². The van der Waals surface area contributed by atoms with Gasteiger partial charge in [-0.2, -0.15) is 0 Å². The van der Waals surface area contributed by atoms with Gasteiger partial charge in [0.25, 0.3) is 0 Å². The minimum absolute atomic E-state index is 0.498. The van der Waals surface area contributed by atoms with Crippen LogP contribution < -0.4 is 0 Å². The van der Waals surface area contributed by atoms with Crippen LogP contribution in [0.1, 0.15) is 34.7 Å². The van der Waals surface area contributed by atoms with Gasteiger partial charge in [-0.3, -0.25) is 0 Å². The lowest BCUT2D eigenvalue weighted by atomic mass is 9.82. The van der Waals surface area contributed by atoms with Gasteiger partial charge in [0, 0.05) is 0 Å². The standard InChI is InChI=1S/C19H20/c1-2-14-7-8-17-12-19(13-18(17)9-14)10-15-5-3-4-6-16(15)11-19/h3-9H,2,10-13H2,1H3. The SMILES string of the molecule is CCc1ccc2c(c1)CC1(Cc3ccccc3C1)C2. The summed E-state index contributed by atoms with van der Waals surface area (Å²) in [6, 6.07) is 16.2. The van der Waals surface area contributed by atoms with E-state index >= 15 is 0 Å². The molecular formula is C19H20. The van der Waals surface area contributed by atoms with Crippen LogP contribution in [-0.2, 0) is 32.1 Å². The first kappa shape index (κ1) is 11.3. The van der Waals surface area contributed by atoms with Crippen LogP contribution in [0, 0.1) is 5.41 Å². The lowest BCUT2D eigenvalue weighted by molar-refractivity contribution is 0.326. The fraction of sp³-hybridized carbons (Fsp3) is 0.368. The highest BCUT2D eigenvalue weighted by atomic mass is 14.4. The third-order valence-corrected chi connectivity index (χ3v) is 5.06. The highest BCUT2D eigenvalue weighted by molar-refractivity contribution is 5.43. The number of aryl methyl sites for hydroxylation is 1. The summed E-state index contributed by atoms with van der Waals surface area (Å²) in [6.45, 7) is 2.25. The van der Waals surface area contributed by atoms with Crippen LogP contribution in [0.25, 0.3) is 0 Å². The maximum atomic E-state index is 2.45. The van der Waals surface area contributed by atoms with Gasteiger partial charge in [-0.25, -0.2) is 0 Å². The first-order chi connectivity index (χ1) is 9.28. The molecule has 0 unspecified atom stereocenters. The number of hydrogen-bond donors (Lipinski definition) is 0. The second kappa shape index (κ2) is 3.96. The monoisotopic (exact) mass is 248 g/mol. The van der Waals surface area contributed by atoms with Crippen LogP contribution in [-0.4, -0.2) is 0 Å². The van der Waals surface area contributed by atoms with E-state index in [1.54, 1.807) is 22.3 Å². The number of hydrogen-bond acceptors (Lipinski definition) is 0. The van der Waals surface area contributed by atoms with Crippen molar-refractivity contribution in [2.24, 2.45) is 5.41 Å². The second-order valence-corrected chi connectivity index (χ2v) is 6.43. The Balaban J connectivity index is 1.68. The summed E-state index contributed by atoms with van der Waals surface area (Å²) in [4.78, 5) is 0. The van der Waals surface area contributed by atoms with Crippen molar-refractivity contribution in [3.8, 4) is 0 Å². The van der Waals surface area contributed by atoms with Crippen molar-refractivity contribution in [1.82, 2.24) is 0 Å². The van der Waals surface area contributed by atoms with Crippen LogP contribution in [0.5, 0.6) is 0 Å². The number of rotatable bonds is 1. The van der Waals surface area contributed by atoms with Crippen LogP contribution in [0.2, 0.25) is 0 Å². The highest BCUT2D eigenvalue weighted by Crippen LogP contribution is 2.47. The normalized spacial score (nSPS) is 18.6. The second-order valence-electron chi connectivity index (χ2n) is 6.43. The van der Waals surface area contributed by atoms with Crippen LogP contribution >= 0.6 is 0 Å². The summed E-state index contributed by atoms with van der Waals surface area (Å²) in [5, 5.41) is 0. The molecule has 0 aromatic heterocycles. The van der Waals surface area contributed by atoms with E-state index < -0.39 is 0 Å². The Kier molecular flexibility index (Phi) is 2.35. The van der Waals surface area contributed by atoms with Crippen LogP contribution in [0.3, 0.4) is 0 Å². The zero-order valence-corrected chi connectivity index (χ0v) is 11.6. The van der Waals surface area contributed by atoms with E-state index in [4.69, 9.17) is 0 Å². The molecule has 4 rings (SSSR count). The molecule has 0 amide bonds. The largest absolute Gasteiger partial charge is 0.0620 e. The molecule has 0 N–H and O–H groups in total. The van der Waals surface area contributed by atoms with Crippen molar-refractivity contribution in [1.29, 1.82) is 0 Å². The quantitative estimate of drug-likeness (QED) is 0.711. The number of fused-ring (bicyclic) bond motifs is 2. The molecule has 96 valence electrons. The maximum Gasteiger partial charge on any atom is -0.0136 e. The molecule has 19 heavy (non-hydrogen) atoms. The summed E-state index contributed by atoms with van der Waals surface area (Å²) in [7, 11) is 0. The van der Waals surface area contributed by atoms with E-state index in [1.165, 1.54) is 31.2 Å². The lowest BCUT2D eigenvalue weighted by Gasteiger charge is -2.21. The highest BCUT2D eigenvalue weighted by Gasteiger charge is 2.41. The Morgan fingerprint density at radius 3 is 2.00 bits per heavy atom. The fourth-order valence-electron chi connectivity index (χ4n) is 4.13. The Hall–Kier alpha value is -1.56. The molecule has 2 aliphatic carbocycles. The molecule has 0 saturated heterocycles. The molecule has 0 heteroatoms. The summed E-state index contributed by atoms with van der Waals surface area (Å²) >= 11 is 0. The molecule has 0 saturated carbocycles. The van der Waals surface area contributed by atoms with Crippen molar-refractivity contribution in [3.05, 3.63) is 70.3 Å². The first-order valence-electron chi connectivity index (χ1n) is 7.45. The van der Waals surface area contributed by atoms with E-state index in [-0.39, 0.29) is 0 Å². The van der Waals surface area contributed by atoms with Gasteiger partial charge < -0.3 is 0 Å². The minimum atomic E-state index is 0.498. The molecule has 2 aromatic rings. The van der Waals surface area contributed by atoms with Crippen molar-refractivity contribution >= 4 is 0 Å². The van der Waals surface area contributed by atoms with E-state index in [0.717, 1.165) is 6.42 Å². The Morgan fingerprint density at radius 1 is 0.789 bits per heavy atom. The zero-order chi connectivity index (χ0) is 12.9. The molecular weight excluding hydrogens is 228 g/mol. The molecule has 2 aliphatic rings. The minimum Gasteiger partial charge on any atom is -0.0620 e. The van der Waals surface area contributed by atoms with Gasteiger partial charge in [0.2, 0.25) is 0 Å². The predicted octanol–water partition coefficient (Wildman–Crippen LogP) is 4.13. The summed E-state index contributed by atoms with van der Waals surface area (Å²) in [5.74, 6) is 0. The number of benzene rings is 2. The van der Waals surface area contributed by atoms with Gasteiger partial charge in [0.05, 0.1) is 0 Å². The molecule has 0 nitrogen and oxygen atoms in total. The molecule has 1 spiro atoms. The molecule has 0 fully saturated rings. The smallest absolute Gasteiger partial charge is 0.0136 e. The summed E-state index contributed by atoms with van der Waals surface area (Å²) < 4.78 is 0. The van der Waals surface area contributed by atoms with E-state index in [9.17, 15) is 0 Å². The van der Waals surface area contributed by atoms with Crippen LogP contribution in [0.15, 0.2) is 42.5 Å². The topological polar surface area (TPSA) is 0 Å². The van der Waals surface area contributed by atoms with E-state index in [0.29, 0.717) is 5.41 Å². The van der Waals surface area contributed by atoms with E-state index in [2.05, 4.69) is 49.4 Å². The van der Waals surface area contributed by atoms with Gasteiger partial charge in [0.15, 0.2) is 0 Å². The van der Waals surface area contributed by atoms with Crippen molar-refractivity contribution in [3.63, 3.8) is 0 Å². The fourth-order valence-corrected chi connectivity index (χ4v) is 4.13.